The van der Waals surface area contributed by atoms with E-state index in [9.17, 15) is 9.59 Å². The Morgan fingerprint density at radius 3 is 2.27 bits per heavy atom. The molecule has 1 unspecified atom stereocenters. The predicted molar refractivity (Wildman–Crippen MR) is 82.5 cm³/mol. The Labute approximate surface area is 129 Å². The highest BCUT2D eigenvalue weighted by molar-refractivity contribution is 5.96. The minimum absolute atomic E-state index is 0.0277. The summed E-state index contributed by atoms with van der Waals surface area (Å²) in [5.74, 6) is -2.22. The van der Waals surface area contributed by atoms with Gasteiger partial charge in [0.25, 0.3) is 0 Å². The number of ether oxygens (including phenoxy) is 1. The number of allylic oxidation sites excluding steroid dienone is 1. The van der Waals surface area contributed by atoms with Crippen molar-refractivity contribution in [3.63, 3.8) is 0 Å². The molecular weight excluding hydrogens is 286 g/mol. The lowest BCUT2D eigenvalue weighted by molar-refractivity contribution is 0.0591. The van der Waals surface area contributed by atoms with Crippen LogP contribution in [0.5, 0.6) is 0 Å². The van der Waals surface area contributed by atoms with Crippen LogP contribution in [0.25, 0.3) is 0 Å². The van der Waals surface area contributed by atoms with E-state index < -0.39 is 11.9 Å². The quantitative estimate of drug-likeness (QED) is 0.739. The Hall–Kier alpha value is -2.18. The van der Waals surface area contributed by atoms with Gasteiger partial charge in [0.05, 0.1) is 23.8 Å². The summed E-state index contributed by atoms with van der Waals surface area (Å²) in [6, 6.07) is 4.17. The topological polar surface area (TPSA) is 95.9 Å². The van der Waals surface area contributed by atoms with E-state index in [0.717, 1.165) is 19.7 Å². The first-order valence-electron chi connectivity index (χ1n) is 6.98. The minimum atomic E-state index is -1.11. The van der Waals surface area contributed by atoms with Gasteiger partial charge in [0, 0.05) is 13.1 Å². The highest BCUT2D eigenvalue weighted by atomic mass is 16.5. The molecule has 1 fully saturated rings. The first-order valence-corrected chi connectivity index (χ1v) is 6.98. The van der Waals surface area contributed by atoms with Crippen LogP contribution in [0, 0.1) is 6.92 Å². The fourth-order valence-corrected chi connectivity index (χ4v) is 2.02. The maximum absolute atomic E-state index is 10.6. The van der Waals surface area contributed by atoms with Gasteiger partial charge in [-0.25, -0.2) is 9.59 Å². The third-order valence-corrected chi connectivity index (χ3v) is 3.16. The Morgan fingerprint density at radius 2 is 1.86 bits per heavy atom. The van der Waals surface area contributed by atoms with Crippen molar-refractivity contribution in [3.8, 4) is 0 Å². The molecule has 1 atom stereocenters. The molecule has 2 rings (SSSR count). The number of carboxylic acids is 2. The van der Waals surface area contributed by atoms with E-state index in [1.54, 1.807) is 0 Å². The van der Waals surface area contributed by atoms with Crippen molar-refractivity contribution in [2.75, 3.05) is 19.7 Å². The van der Waals surface area contributed by atoms with Crippen molar-refractivity contribution in [3.05, 3.63) is 47.0 Å². The molecule has 1 heterocycles. The zero-order valence-corrected chi connectivity index (χ0v) is 12.7. The Kier molecular flexibility index (Phi) is 7.28. The monoisotopic (exact) mass is 307 g/mol. The van der Waals surface area contributed by atoms with Crippen molar-refractivity contribution in [2.24, 2.45) is 0 Å². The first-order chi connectivity index (χ1) is 10.5. The molecule has 3 N–H and O–H groups in total. The Bertz CT molecular complexity index is 515. The third-order valence-electron chi connectivity index (χ3n) is 3.16. The van der Waals surface area contributed by atoms with Crippen LogP contribution in [-0.4, -0.2) is 48.0 Å². The summed E-state index contributed by atoms with van der Waals surface area (Å²) < 4.78 is 5.37. The van der Waals surface area contributed by atoms with Gasteiger partial charge >= 0.3 is 11.9 Å². The van der Waals surface area contributed by atoms with Crippen LogP contribution in [0.15, 0.2) is 30.4 Å². The van der Waals surface area contributed by atoms with Gasteiger partial charge in [0.15, 0.2) is 0 Å². The second-order valence-corrected chi connectivity index (χ2v) is 4.73. The van der Waals surface area contributed by atoms with Crippen molar-refractivity contribution in [1.82, 2.24) is 5.32 Å². The number of carbonyl (C=O) groups is 2. The molecule has 22 heavy (non-hydrogen) atoms. The average molecular weight is 307 g/mol. The lowest BCUT2D eigenvalue weighted by atomic mass is 10.0. The van der Waals surface area contributed by atoms with Crippen LogP contribution in [0.3, 0.4) is 0 Å². The summed E-state index contributed by atoms with van der Waals surface area (Å²) in [5, 5.41) is 20.6. The molecule has 0 radical (unpaired) electrons. The number of hydrogen-bond donors (Lipinski definition) is 3. The summed E-state index contributed by atoms with van der Waals surface area (Å²) in [7, 11) is 0. The van der Waals surface area contributed by atoms with Gasteiger partial charge in [-0.1, -0.05) is 18.2 Å². The van der Waals surface area contributed by atoms with Gasteiger partial charge < -0.3 is 20.3 Å². The third kappa shape index (κ3) is 5.31. The number of benzene rings is 1. The summed E-state index contributed by atoms with van der Waals surface area (Å²) in [5.41, 5.74) is 0.335. The van der Waals surface area contributed by atoms with E-state index in [0.29, 0.717) is 6.10 Å². The predicted octanol–water partition coefficient (Wildman–Crippen LogP) is 1.94. The number of hydrogen-bond acceptors (Lipinski definition) is 4. The van der Waals surface area contributed by atoms with Gasteiger partial charge in [-0.2, -0.15) is 0 Å². The van der Waals surface area contributed by atoms with E-state index in [2.05, 4.69) is 11.4 Å². The second-order valence-electron chi connectivity index (χ2n) is 4.73. The van der Waals surface area contributed by atoms with Crippen LogP contribution >= 0.6 is 0 Å². The molecule has 0 bridgehead atoms. The highest BCUT2D eigenvalue weighted by Crippen LogP contribution is 2.13. The molecular formula is C16H21NO5. The van der Waals surface area contributed by atoms with Gasteiger partial charge in [-0.3, -0.25) is 0 Å². The molecule has 1 saturated heterocycles. The molecule has 1 aliphatic heterocycles. The molecule has 120 valence electrons. The maximum atomic E-state index is 10.6. The number of carboxylic acid groups (broad SMARTS) is 2. The zero-order chi connectivity index (χ0) is 16.5. The smallest absolute Gasteiger partial charge is 0.335 e. The van der Waals surface area contributed by atoms with Crippen LogP contribution in [0.4, 0.5) is 0 Å². The SMILES string of the molecule is CC=CC1CNCCO1.Cc1c(C(=O)O)cccc1C(=O)O. The van der Waals surface area contributed by atoms with E-state index in [4.69, 9.17) is 14.9 Å². The fourth-order valence-electron chi connectivity index (χ4n) is 2.02. The molecule has 1 aromatic carbocycles. The summed E-state index contributed by atoms with van der Waals surface area (Å²) >= 11 is 0. The molecule has 6 nitrogen and oxygen atoms in total. The van der Waals surface area contributed by atoms with Gasteiger partial charge in [-0.15, -0.1) is 0 Å². The lowest BCUT2D eigenvalue weighted by Gasteiger charge is -2.20. The largest absolute Gasteiger partial charge is 0.478 e. The zero-order valence-electron chi connectivity index (χ0n) is 12.7. The van der Waals surface area contributed by atoms with E-state index in [1.807, 2.05) is 13.0 Å². The molecule has 1 aliphatic rings. The van der Waals surface area contributed by atoms with Crippen molar-refractivity contribution in [2.45, 2.75) is 20.0 Å². The summed E-state index contributed by atoms with van der Waals surface area (Å²) in [6.07, 6.45) is 4.41. The molecule has 6 heteroatoms. The van der Waals surface area contributed by atoms with E-state index in [1.165, 1.54) is 25.1 Å². The standard InChI is InChI=1S/C9H8O4.C7H13NO/c1-5-6(8(10)11)3-2-4-7(5)9(12)13;1-2-3-7-6-8-4-5-9-7/h2-4H,1H3,(H,10,11)(H,12,13);2-3,7-8H,4-6H2,1H3. The molecule has 0 amide bonds. The van der Waals surface area contributed by atoms with Gasteiger partial charge in [-0.05, 0) is 31.5 Å². The Balaban J connectivity index is 0.000000235. The van der Waals surface area contributed by atoms with Crippen molar-refractivity contribution in [1.29, 1.82) is 0 Å². The normalized spacial score (nSPS) is 17.6. The van der Waals surface area contributed by atoms with Crippen LogP contribution in [0.1, 0.15) is 33.2 Å². The summed E-state index contributed by atoms with van der Waals surface area (Å²) in [4.78, 5) is 21.2. The number of morpholine rings is 1. The number of nitrogens with one attached hydrogen (secondary N) is 1. The van der Waals surface area contributed by atoms with Crippen LogP contribution < -0.4 is 5.32 Å². The van der Waals surface area contributed by atoms with Crippen molar-refractivity contribution >= 4 is 11.9 Å². The van der Waals surface area contributed by atoms with E-state index in [-0.39, 0.29) is 16.7 Å². The summed E-state index contributed by atoms with van der Waals surface area (Å²) in [6.45, 7) is 6.29. The molecule has 0 saturated carbocycles. The van der Waals surface area contributed by atoms with E-state index >= 15 is 0 Å². The number of rotatable bonds is 3. The molecule has 0 aromatic heterocycles. The highest BCUT2D eigenvalue weighted by Gasteiger charge is 2.13. The second kappa shape index (κ2) is 8.96. The first kappa shape index (κ1) is 17.9. The average Bonchev–Trinajstić information content (AvgIpc) is 2.49. The molecule has 0 aliphatic carbocycles. The minimum Gasteiger partial charge on any atom is -0.478 e. The van der Waals surface area contributed by atoms with Crippen LogP contribution in [-0.2, 0) is 4.74 Å². The lowest BCUT2D eigenvalue weighted by Crippen LogP contribution is -2.37. The van der Waals surface area contributed by atoms with Crippen molar-refractivity contribution < 1.29 is 24.5 Å². The molecule has 0 spiro atoms. The number of aromatic carboxylic acids is 2. The van der Waals surface area contributed by atoms with Crippen LogP contribution in [0.2, 0.25) is 0 Å². The van der Waals surface area contributed by atoms with Gasteiger partial charge in [0.2, 0.25) is 0 Å². The maximum Gasteiger partial charge on any atom is 0.335 e. The Morgan fingerprint density at radius 1 is 1.27 bits per heavy atom. The molecule has 1 aromatic rings. The fraction of sp³-hybridized carbons (Fsp3) is 0.375. The van der Waals surface area contributed by atoms with Gasteiger partial charge in [0.1, 0.15) is 0 Å².